The predicted octanol–water partition coefficient (Wildman–Crippen LogP) is 2.38. The Hall–Kier alpha value is -1.88. The summed E-state index contributed by atoms with van der Waals surface area (Å²) in [5.74, 6) is -12.7. The van der Waals surface area contributed by atoms with Gasteiger partial charge in [-0.3, -0.25) is 0 Å². The molecule has 0 bridgehead atoms. The lowest BCUT2D eigenvalue weighted by Gasteiger charge is -2.39. The second-order valence-corrected chi connectivity index (χ2v) is 4.97. The van der Waals surface area contributed by atoms with Crippen LogP contribution in [-0.2, 0) is 14.3 Å². The van der Waals surface area contributed by atoms with Gasteiger partial charge in [-0.25, -0.2) is 9.18 Å². The zero-order chi connectivity index (χ0) is 19.6. The highest BCUT2D eigenvalue weighted by Crippen LogP contribution is 2.52. The molecule has 0 N–H and O–H groups in total. The van der Waals surface area contributed by atoms with E-state index in [1.165, 1.54) is 0 Å². The third kappa shape index (κ3) is 5.06. The van der Waals surface area contributed by atoms with Crippen molar-refractivity contribution in [3.63, 3.8) is 0 Å². The quantitative estimate of drug-likeness (QED) is 0.392. The molecule has 0 saturated heterocycles. The predicted molar refractivity (Wildman–Crippen MR) is 59.5 cm³/mol. The van der Waals surface area contributed by atoms with E-state index >= 15 is 0 Å². The summed E-state index contributed by atoms with van der Waals surface area (Å²) in [6.45, 7) is 1.01. The van der Waals surface area contributed by atoms with Crippen LogP contribution in [0.2, 0.25) is 0 Å². The highest BCUT2D eigenvalue weighted by molar-refractivity contribution is 5.90. The second kappa shape index (κ2) is 6.93. The Labute approximate surface area is 130 Å². The fraction of sp³-hybridized carbons (Fsp3) is 0.667. The lowest BCUT2D eigenvalue weighted by atomic mass is 9.82. The molecule has 0 amide bonds. The van der Waals surface area contributed by atoms with Gasteiger partial charge in [0, 0.05) is 6.08 Å². The Bertz CT molecular complexity index is 512. The smallest absolute Gasteiger partial charge is 0.470 e. The van der Waals surface area contributed by atoms with Gasteiger partial charge in [-0.15, -0.1) is 0 Å². The number of alkyl halides is 8. The van der Waals surface area contributed by atoms with E-state index in [9.17, 15) is 49.8 Å². The van der Waals surface area contributed by atoms with E-state index in [4.69, 9.17) is 0 Å². The molecule has 12 heteroatoms. The maximum Gasteiger partial charge on any atom is 0.470 e. The molecule has 1 unspecified atom stereocenters. The molecule has 0 aliphatic carbocycles. The van der Waals surface area contributed by atoms with Gasteiger partial charge in [-0.2, -0.15) is 30.7 Å². The van der Waals surface area contributed by atoms with E-state index < -0.39 is 48.2 Å². The zero-order valence-corrected chi connectivity index (χ0v) is 12.1. The lowest BCUT2D eigenvalue weighted by molar-refractivity contribution is -0.376. The van der Waals surface area contributed by atoms with Crippen molar-refractivity contribution in [3.05, 3.63) is 12.2 Å². The van der Waals surface area contributed by atoms with Crippen LogP contribution in [0.5, 0.6) is 0 Å². The third-order valence-corrected chi connectivity index (χ3v) is 2.84. The molecule has 0 rings (SSSR count). The maximum atomic E-state index is 14.2. The van der Waals surface area contributed by atoms with E-state index in [0.717, 1.165) is 0 Å². The van der Waals surface area contributed by atoms with Crippen LogP contribution in [0.25, 0.3) is 0 Å². The molecule has 1 atom stereocenters. The molecular weight excluding hydrogens is 360 g/mol. The first-order chi connectivity index (χ1) is 10.5. The lowest BCUT2D eigenvalue weighted by Crippen LogP contribution is -2.61. The van der Waals surface area contributed by atoms with Crippen LogP contribution in [0.15, 0.2) is 12.2 Å². The van der Waals surface area contributed by atoms with Crippen molar-refractivity contribution in [1.82, 2.24) is 0 Å². The number of carboxylic acids is 1. The van der Waals surface area contributed by atoms with Gasteiger partial charge < -0.3 is 14.6 Å². The standard InChI is InChI=1S/C12H12F8O4/c1-6(2)9(13,5-10(14,15)16)11(17,18)12(19,20)24-8(23)4-3-7(21)22/h3-4,6H,5H2,1-2H3,(H,21,22)/p-1. The summed E-state index contributed by atoms with van der Waals surface area (Å²) in [5, 5.41) is 9.95. The SMILES string of the molecule is CC(C)C(F)(CC(F)(F)F)C(F)(F)C(F)(F)OC(=O)C=CC(=O)[O-]. The van der Waals surface area contributed by atoms with Crippen molar-refractivity contribution in [2.75, 3.05) is 0 Å². The van der Waals surface area contributed by atoms with Gasteiger partial charge in [0.1, 0.15) is 0 Å². The van der Waals surface area contributed by atoms with Crippen LogP contribution < -0.4 is 5.11 Å². The van der Waals surface area contributed by atoms with Gasteiger partial charge in [-0.05, 0) is 12.0 Å². The average molecular weight is 371 g/mol. The van der Waals surface area contributed by atoms with E-state index in [-0.39, 0.29) is 12.2 Å². The molecule has 0 aliphatic rings. The summed E-state index contributed by atoms with van der Waals surface area (Å²) < 4.78 is 108. The molecule has 24 heavy (non-hydrogen) atoms. The molecule has 0 spiro atoms. The average Bonchev–Trinajstić information content (AvgIpc) is 2.32. The highest BCUT2D eigenvalue weighted by atomic mass is 19.4. The minimum atomic E-state index is -6.06. The van der Waals surface area contributed by atoms with Gasteiger partial charge in [0.15, 0.2) is 5.67 Å². The van der Waals surface area contributed by atoms with Crippen LogP contribution in [-0.4, -0.2) is 35.8 Å². The Morgan fingerprint density at radius 1 is 1.00 bits per heavy atom. The molecule has 0 aromatic rings. The number of ether oxygens (including phenoxy) is 1. The van der Waals surface area contributed by atoms with E-state index in [1.807, 2.05) is 0 Å². The topological polar surface area (TPSA) is 66.4 Å². The molecule has 0 aromatic heterocycles. The van der Waals surface area contributed by atoms with Crippen molar-refractivity contribution in [3.8, 4) is 0 Å². The maximum absolute atomic E-state index is 14.2. The number of esters is 1. The van der Waals surface area contributed by atoms with Gasteiger partial charge in [0.2, 0.25) is 0 Å². The molecule has 0 aromatic carbocycles. The van der Waals surface area contributed by atoms with Crippen molar-refractivity contribution >= 4 is 11.9 Å². The molecule has 140 valence electrons. The molecule has 0 heterocycles. The number of rotatable bonds is 7. The van der Waals surface area contributed by atoms with E-state index in [0.29, 0.717) is 13.8 Å². The molecule has 0 fully saturated rings. The van der Waals surface area contributed by atoms with E-state index in [1.54, 1.807) is 0 Å². The molecule has 4 nitrogen and oxygen atoms in total. The Morgan fingerprint density at radius 3 is 1.79 bits per heavy atom. The minimum Gasteiger partial charge on any atom is -0.545 e. The molecular formula is C12H11F8O4-. The Balaban J connectivity index is 5.70. The van der Waals surface area contributed by atoms with Crippen LogP contribution in [0, 0.1) is 5.92 Å². The Morgan fingerprint density at radius 2 is 1.46 bits per heavy atom. The highest BCUT2D eigenvalue weighted by Gasteiger charge is 2.75. The third-order valence-electron chi connectivity index (χ3n) is 2.84. The first-order valence-corrected chi connectivity index (χ1v) is 6.09. The van der Waals surface area contributed by atoms with Crippen LogP contribution >= 0.6 is 0 Å². The van der Waals surface area contributed by atoms with Crippen LogP contribution in [0.1, 0.15) is 20.3 Å². The van der Waals surface area contributed by atoms with Crippen molar-refractivity contribution in [2.45, 2.75) is 44.1 Å². The van der Waals surface area contributed by atoms with Crippen LogP contribution in [0.4, 0.5) is 35.1 Å². The fourth-order valence-corrected chi connectivity index (χ4v) is 1.57. The van der Waals surface area contributed by atoms with Gasteiger partial charge in [0.05, 0.1) is 12.4 Å². The van der Waals surface area contributed by atoms with Crippen molar-refractivity contribution < 1.29 is 54.6 Å². The number of carbonyl (C=O) groups excluding carboxylic acids is 2. The minimum absolute atomic E-state index is 0.155. The van der Waals surface area contributed by atoms with Crippen LogP contribution in [0.3, 0.4) is 0 Å². The van der Waals surface area contributed by atoms with Gasteiger partial charge >= 0.3 is 24.2 Å². The number of halogens is 8. The largest absolute Gasteiger partial charge is 0.545 e. The summed E-state index contributed by atoms with van der Waals surface area (Å²) in [6.07, 6.45) is -14.9. The first-order valence-electron chi connectivity index (χ1n) is 6.09. The summed E-state index contributed by atoms with van der Waals surface area (Å²) >= 11 is 0. The number of carbonyl (C=O) groups is 2. The Kier molecular flexibility index (Phi) is 6.39. The summed E-state index contributed by atoms with van der Waals surface area (Å²) in [7, 11) is 0. The van der Waals surface area contributed by atoms with E-state index in [2.05, 4.69) is 4.74 Å². The summed E-state index contributed by atoms with van der Waals surface area (Å²) in [5.41, 5.74) is -4.80. The molecule has 0 aliphatic heterocycles. The number of hydrogen-bond donors (Lipinski definition) is 0. The zero-order valence-electron chi connectivity index (χ0n) is 12.1. The molecule has 0 saturated carbocycles. The second-order valence-electron chi connectivity index (χ2n) is 4.97. The molecule has 0 radical (unpaired) electrons. The monoisotopic (exact) mass is 371 g/mol. The van der Waals surface area contributed by atoms with Gasteiger partial charge in [-0.1, -0.05) is 13.8 Å². The summed E-state index contributed by atoms with van der Waals surface area (Å²) in [6, 6.07) is 0. The number of hydrogen-bond acceptors (Lipinski definition) is 4. The normalized spacial score (nSPS) is 16.3. The van der Waals surface area contributed by atoms with Crippen molar-refractivity contribution in [1.29, 1.82) is 0 Å². The summed E-state index contributed by atoms with van der Waals surface area (Å²) in [4.78, 5) is 20.8. The first kappa shape index (κ1) is 22.1. The fourth-order valence-electron chi connectivity index (χ4n) is 1.57. The van der Waals surface area contributed by atoms with Gasteiger partial charge in [0.25, 0.3) is 0 Å². The van der Waals surface area contributed by atoms with Crippen molar-refractivity contribution in [2.24, 2.45) is 5.92 Å². The number of carboxylic acid groups (broad SMARTS) is 1. The number of aliphatic carboxylic acids is 1.